The molecule has 0 bridgehead atoms. The van der Waals surface area contributed by atoms with Crippen molar-refractivity contribution in [2.45, 2.75) is 31.7 Å². The Hall–Kier alpha value is -0.650. The van der Waals surface area contributed by atoms with Crippen molar-refractivity contribution in [3.63, 3.8) is 0 Å². The van der Waals surface area contributed by atoms with Gasteiger partial charge in [0.25, 0.3) is 0 Å². The van der Waals surface area contributed by atoms with E-state index in [1.807, 2.05) is 14.0 Å². The lowest BCUT2D eigenvalue weighted by molar-refractivity contribution is -0.148. The second kappa shape index (κ2) is 6.87. The van der Waals surface area contributed by atoms with Crippen LogP contribution in [0.15, 0.2) is 0 Å². The van der Waals surface area contributed by atoms with Crippen molar-refractivity contribution in [3.05, 3.63) is 0 Å². The number of nitrogens with zero attached hydrogens (tertiary/aromatic N) is 2. The van der Waals surface area contributed by atoms with Crippen molar-refractivity contribution in [3.8, 4) is 0 Å². The predicted octanol–water partition coefficient (Wildman–Crippen LogP) is 0.555. The van der Waals surface area contributed by atoms with E-state index in [4.69, 9.17) is 4.74 Å². The van der Waals surface area contributed by atoms with Gasteiger partial charge in [-0.05, 0) is 39.2 Å². The Balaban J connectivity index is 1.70. The summed E-state index contributed by atoms with van der Waals surface area (Å²) in [7, 11) is 3.28. The van der Waals surface area contributed by atoms with Crippen LogP contribution >= 0.6 is 0 Å². The normalized spacial score (nSPS) is 24.4. The monoisotopic (exact) mass is 283 g/mol. The molecule has 0 radical (unpaired) electrons. The molecule has 2 rings (SSSR count). The zero-order chi connectivity index (χ0) is 14.6. The van der Waals surface area contributed by atoms with Crippen LogP contribution in [0.2, 0.25) is 0 Å². The minimum Gasteiger partial charge on any atom is -0.468 e. The van der Waals surface area contributed by atoms with Crippen molar-refractivity contribution in [2.75, 3.05) is 53.4 Å². The molecule has 5 nitrogen and oxygen atoms in total. The highest BCUT2D eigenvalue weighted by atomic mass is 16.5. The number of methoxy groups -OCH3 is 1. The molecule has 2 aliphatic rings. The maximum absolute atomic E-state index is 11.8. The molecule has 1 atom stereocenters. The van der Waals surface area contributed by atoms with Crippen LogP contribution in [0.1, 0.15) is 26.2 Å². The standard InChI is InChI=1S/C15H29N3O2/c1-15(16-2,14(19)20-3)6-7-17-8-10-18(11-9-17)12-13-4-5-13/h13,16H,4-12H2,1-3H3. The highest BCUT2D eigenvalue weighted by Crippen LogP contribution is 2.29. The van der Waals surface area contributed by atoms with E-state index in [1.54, 1.807) is 0 Å². The van der Waals surface area contributed by atoms with Crippen LogP contribution in [0.25, 0.3) is 0 Å². The number of hydrogen-bond acceptors (Lipinski definition) is 5. The average molecular weight is 283 g/mol. The number of carbonyl (C=O) groups is 1. The average Bonchev–Trinajstić information content (AvgIpc) is 3.29. The number of esters is 1. The second-order valence-electron chi connectivity index (χ2n) is 6.41. The first kappa shape index (κ1) is 15.7. The summed E-state index contributed by atoms with van der Waals surface area (Å²) in [5.41, 5.74) is -0.570. The second-order valence-corrected chi connectivity index (χ2v) is 6.41. The highest BCUT2D eigenvalue weighted by Gasteiger charge is 2.33. The maximum Gasteiger partial charge on any atom is 0.325 e. The zero-order valence-electron chi connectivity index (χ0n) is 13.2. The molecule has 5 heteroatoms. The first-order chi connectivity index (χ1) is 9.57. The Morgan fingerprint density at radius 3 is 2.35 bits per heavy atom. The molecule has 0 spiro atoms. The van der Waals surface area contributed by atoms with Gasteiger partial charge in [-0.3, -0.25) is 4.79 Å². The molecule has 2 fully saturated rings. The van der Waals surface area contributed by atoms with E-state index in [0.29, 0.717) is 0 Å². The van der Waals surface area contributed by atoms with Crippen LogP contribution in [0, 0.1) is 5.92 Å². The molecule has 0 amide bonds. The molecule has 0 aromatic rings. The third-order valence-corrected chi connectivity index (χ3v) is 4.79. The van der Waals surface area contributed by atoms with E-state index in [1.165, 1.54) is 39.6 Å². The molecule has 1 saturated heterocycles. The SMILES string of the molecule is CNC(C)(CCN1CCN(CC2CC2)CC1)C(=O)OC. The molecular formula is C15H29N3O2. The van der Waals surface area contributed by atoms with Gasteiger partial charge in [-0.25, -0.2) is 0 Å². The summed E-state index contributed by atoms with van der Waals surface area (Å²) >= 11 is 0. The Morgan fingerprint density at radius 2 is 1.85 bits per heavy atom. The van der Waals surface area contributed by atoms with Crippen LogP contribution in [0.5, 0.6) is 0 Å². The molecule has 1 N–H and O–H groups in total. The fourth-order valence-corrected chi connectivity index (χ4v) is 2.80. The third kappa shape index (κ3) is 4.17. The van der Waals surface area contributed by atoms with E-state index in [-0.39, 0.29) is 5.97 Å². The summed E-state index contributed by atoms with van der Waals surface area (Å²) in [5.74, 6) is 0.806. The lowest BCUT2D eigenvalue weighted by atomic mass is 9.98. The summed E-state index contributed by atoms with van der Waals surface area (Å²) in [6.45, 7) is 8.74. The Kier molecular flexibility index (Phi) is 5.41. The van der Waals surface area contributed by atoms with Gasteiger partial charge in [0.2, 0.25) is 0 Å². The number of carbonyl (C=O) groups excluding carboxylic acids is 1. The number of ether oxygens (including phenoxy) is 1. The maximum atomic E-state index is 11.8. The van der Waals surface area contributed by atoms with Crippen molar-refractivity contribution in [1.82, 2.24) is 15.1 Å². The van der Waals surface area contributed by atoms with Gasteiger partial charge >= 0.3 is 5.97 Å². The van der Waals surface area contributed by atoms with Crippen LogP contribution in [-0.4, -0.2) is 74.7 Å². The molecule has 1 unspecified atom stereocenters. The smallest absolute Gasteiger partial charge is 0.325 e. The topological polar surface area (TPSA) is 44.8 Å². The molecule has 1 aliphatic heterocycles. The van der Waals surface area contributed by atoms with E-state index in [0.717, 1.165) is 32.0 Å². The minimum atomic E-state index is -0.570. The van der Waals surface area contributed by atoms with E-state index < -0.39 is 5.54 Å². The van der Waals surface area contributed by atoms with Gasteiger partial charge in [-0.1, -0.05) is 0 Å². The van der Waals surface area contributed by atoms with E-state index >= 15 is 0 Å². The number of likely N-dealkylation sites (N-methyl/N-ethyl adjacent to an activating group) is 1. The summed E-state index contributed by atoms with van der Waals surface area (Å²) in [4.78, 5) is 16.9. The molecular weight excluding hydrogens is 254 g/mol. The Morgan fingerprint density at radius 1 is 1.25 bits per heavy atom. The first-order valence-corrected chi connectivity index (χ1v) is 7.79. The van der Waals surface area contributed by atoms with Gasteiger partial charge in [0.05, 0.1) is 7.11 Å². The number of nitrogens with one attached hydrogen (secondary N) is 1. The van der Waals surface area contributed by atoms with Gasteiger partial charge in [0, 0.05) is 39.3 Å². The van der Waals surface area contributed by atoms with Crippen LogP contribution in [-0.2, 0) is 9.53 Å². The van der Waals surface area contributed by atoms with Crippen molar-refractivity contribution in [2.24, 2.45) is 5.92 Å². The Labute approximate surface area is 122 Å². The quantitative estimate of drug-likeness (QED) is 0.692. The Bertz CT molecular complexity index is 325. The van der Waals surface area contributed by atoms with Crippen LogP contribution in [0.3, 0.4) is 0 Å². The van der Waals surface area contributed by atoms with Crippen molar-refractivity contribution < 1.29 is 9.53 Å². The van der Waals surface area contributed by atoms with E-state index in [9.17, 15) is 4.79 Å². The summed E-state index contributed by atoms with van der Waals surface area (Å²) in [6, 6.07) is 0. The zero-order valence-corrected chi connectivity index (χ0v) is 13.2. The van der Waals surface area contributed by atoms with Crippen LogP contribution < -0.4 is 5.32 Å². The molecule has 0 aromatic heterocycles. The van der Waals surface area contributed by atoms with Gasteiger partial charge in [0.15, 0.2) is 0 Å². The fourth-order valence-electron chi connectivity index (χ4n) is 2.80. The largest absolute Gasteiger partial charge is 0.468 e. The summed E-state index contributed by atoms with van der Waals surface area (Å²) < 4.78 is 4.89. The molecule has 1 heterocycles. The van der Waals surface area contributed by atoms with Gasteiger partial charge in [-0.2, -0.15) is 0 Å². The third-order valence-electron chi connectivity index (χ3n) is 4.79. The lowest BCUT2D eigenvalue weighted by Crippen LogP contribution is -2.52. The predicted molar refractivity (Wildman–Crippen MR) is 79.7 cm³/mol. The van der Waals surface area contributed by atoms with Gasteiger partial charge in [-0.15, -0.1) is 0 Å². The van der Waals surface area contributed by atoms with Gasteiger partial charge in [0.1, 0.15) is 5.54 Å². The van der Waals surface area contributed by atoms with E-state index in [2.05, 4.69) is 15.1 Å². The fraction of sp³-hybridized carbons (Fsp3) is 0.933. The molecule has 20 heavy (non-hydrogen) atoms. The summed E-state index contributed by atoms with van der Waals surface area (Å²) in [6.07, 6.45) is 3.65. The number of rotatable bonds is 7. The molecule has 0 aromatic carbocycles. The van der Waals surface area contributed by atoms with Crippen molar-refractivity contribution in [1.29, 1.82) is 0 Å². The lowest BCUT2D eigenvalue weighted by Gasteiger charge is -2.36. The number of hydrogen-bond donors (Lipinski definition) is 1. The van der Waals surface area contributed by atoms with Crippen molar-refractivity contribution >= 4 is 5.97 Å². The van der Waals surface area contributed by atoms with Crippen LogP contribution in [0.4, 0.5) is 0 Å². The minimum absolute atomic E-state index is 0.174. The number of piperazine rings is 1. The highest BCUT2D eigenvalue weighted by molar-refractivity contribution is 5.80. The molecule has 116 valence electrons. The molecule has 1 aliphatic carbocycles. The molecule has 1 saturated carbocycles. The first-order valence-electron chi connectivity index (χ1n) is 7.79. The van der Waals surface area contributed by atoms with Gasteiger partial charge < -0.3 is 19.9 Å². The summed E-state index contributed by atoms with van der Waals surface area (Å²) in [5, 5.41) is 3.10.